The van der Waals surface area contributed by atoms with Crippen molar-refractivity contribution in [3.63, 3.8) is 0 Å². The number of amides is 3. The Morgan fingerprint density at radius 1 is 0.564 bits per heavy atom. The van der Waals surface area contributed by atoms with Crippen LogP contribution in [0.3, 0.4) is 0 Å². The highest BCUT2D eigenvalue weighted by molar-refractivity contribution is 6.29. The molecule has 10 rings (SSSR count). The molecule has 406 valence electrons. The summed E-state index contributed by atoms with van der Waals surface area (Å²) < 4.78 is 58.2. The lowest BCUT2D eigenvalue weighted by molar-refractivity contribution is -0.153. The lowest BCUT2D eigenvalue weighted by atomic mass is 9.92. The minimum atomic E-state index is -4.42. The Bertz CT molecular complexity index is 2960. The maximum absolute atomic E-state index is 12.5. The van der Waals surface area contributed by atoms with Gasteiger partial charge in [0.05, 0.1) is 37.2 Å². The third-order valence-corrected chi connectivity index (χ3v) is 12.8. The van der Waals surface area contributed by atoms with E-state index in [1.165, 1.54) is 23.9 Å². The third kappa shape index (κ3) is 17.9. The molecule has 3 fully saturated rings. The van der Waals surface area contributed by atoms with Crippen LogP contribution in [0.1, 0.15) is 84.4 Å². The molecule has 3 atom stereocenters. The molecule has 0 bridgehead atoms. The molecule has 19 heteroatoms. The zero-order valence-corrected chi connectivity index (χ0v) is 43.3. The topological polar surface area (TPSA) is 186 Å². The highest BCUT2D eigenvalue weighted by Crippen LogP contribution is 2.26. The predicted octanol–water partition coefficient (Wildman–Crippen LogP) is 10.6. The van der Waals surface area contributed by atoms with Crippen molar-refractivity contribution in [1.82, 2.24) is 25.9 Å². The van der Waals surface area contributed by atoms with E-state index in [2.05, 4.69) is 46.6 Å². The van der Waals surface area contributed by atoms with E-state index in [1.807, 2.05) is 115 Å². The summed E-state index contributed by atoms with van der Waals surface area (Å²) >= 11 is 5.71. The zero-order valence-electron chi connectivity index (χ0n) is 42.6. The van der Waals surface area contributed by atoms with Crippen molar-refractivity contribution in [2.75, 3.05) is 75.0 Å². The molecule has 2 aromatic heterocycles. The second kappa shape index (κ2) is 28.6. The lowest BCUT2D eigenvalue weighted by Crippen LogP contribution is -2.33. The fraction of sp³-hybridized carbons (Fsp3) is 0.271. The van der Waals surface area contributed by atoms with E-state index in [-0.39, 0.29) is 35.5 Å². The Labute approximate surface area is 455 Å². The second-order valence-corrected chi connectivity index (χ2v) is 18.7. The van der Waals surface area contributed by atoms with E-state index in [9.17, 15) is 27.6 Å². The molecule has 0 radical (unpaired) electrons. The number of benzene rings is 5. The number of alkyl halides is 3. The first-order valence-electron chi connectivity index (χ1n) is 25.5. The van der Waals surface area contributed by atoms with Crippen LogP contribution in [0.25, 0.3) is 0 Å². The van der Waals surface area contributed by atoms with E-state index >= 15 is 0 Å². The number of halogens is 4. The summed E-state index contributed by atoms with van der Waals surface area (Å²) in [5.41, 5.74) is 7.79. The Kier molecular flexibility index (Phi) is 20.7. The zero-order chi connectivity index (χ0) is 54.5. The van der Waals surface area contributed by atoms with Crippen molar-refractivity contribution in [3.8, 4) is 11.5 Å². The molecule has 3 amide bonds. The van der Waals surface area contributed by atoms with Crippen LogP contribution in [0.4, 0.5) is 30.2 Å². The Morgan fingerprint density at radius 2 is 1.10 bits per heavy atom. The van der Waals surface area contributed by atoms with Gasteiger partial charge in [0.15, 0.2) is 6.61 Å². The van der Waals surface area contributed by atoms with E-state index in [0.717, 1.165) is 92.1 Å². The van der Waals surface area contributed by atoms with Crippen molar-refractivity contribution < 1.29 is 46.5 Å². The minimum Gasteiger partial charge on any atom is -0.489 e. The molecule has 0 saturated carbocycles. The molecule has 0 aliphatic carbocycles. The number of piperidine rings is 1. The van der Waals surface area contributed by atoms with Gasteiger partial charge in [-0.05, 0) is 132 Å². The van der Waals surface area contributed by atoms with Crippen LogP contribution < -0.4 is 41.4 Å². The first-order valence-corrected chi connectivity index (χ1v) is 25.9. The molecule has 78 heavy (non-hydrogen) atoms. The second-order valence-electron chi connectivity index (χ2n) is 18.4. The number of anilines is 3. The number of carbonyl (C=O) groups is 3. The van der Waals surface area contributed by atoms with Gasteiger partial charge in [0.1, 0.15) is 29.0 Å². The van der Waals surface area contributed by atoms with Crippen molar-refractivity contribution >= 4 is 46.4 Å². The Morgan fingerprint density at radius 3 is 1.60 bits per heavy atom. The Hall–Kier alpha value is -7.71. The molecule has 6 N–H and O–H groups in total. The standard InChI is InChI=1S/C24H24N2O3.C19H20F3N3O2.C16H16ClN3O2/c27-24(26-21-10-6-19(7-11-21)23-16-25-14-15-28-23)20-8-12-22(13-9-20)29-17-18-4-2-1-3-5-18;20-19(21,22)12-27-16-7-8-17(24-11-16)18(26)25-15-5-3-13(4-6-15)14-2-1-9-23-10-14;17-15-6-3-12(9-19-15)16(21)20-13-4-1-11(2-5-13)14-10-18-7-8-22-14/h1-13,23,25H,14-17H2,(H,26,27);3-8,11,14,23H,1-2,9-10,12H2,(H,25,26);1-6,9,14,18H,7-8,10H2,(H,20,21). The number of carbonyl (C=O) groups excluding carboxylic acids is 3. The highest BCUT2D eigenvalue weighted by atomic mass is 35.5. The molecule has 0 spiro atoms. The summed E-state index contributed by atoms with van der Waals surface area (Å²) in [5.74, 6) is 0.361. The van der Waals surface area contributed by atoms with Gasteiger partial charge in [-0.1, -0.05) is 78.3 Å². The maximum Gasteiger partial charge on any atom is 0.422 e. The number of ether oxygens (including phenoxy) is 4. The average molecular weight is 1090 g/mol. The number of rotatable bonds is 14. The van der Waals surface area contributed by atoms with Crippen LogP contribution in [-0.2, 0) is 16.1 Å². The maximum atomic E-state index is 12.5. The summed E-state index contributed by atoms with van der Waals surface area (Å²) in [6.45, 7) is 5.94. The summed E-state index contributed by atoms with van der Waals surface area (Å²) in [4.78, 5) is 44.6. The van der Waals surface area contributed by atoms with Gasteiger partial charge in [-0.2, -0.15) is 13.2 Å². The largest absolute Gasteiger partial charge is 0.489 e. The summed E-state index contributed by atoms with van der Waals surface area (Å²) in [5, 5.41) is 18.8. The minimum absolute atomic E-state index is 0.0469. The van der Waals surface area contributed by atoms with Crippen molar-refractivity contribution in [1.29, 1.82) is 0 Å². The lowest BCUT2D eigenvalue weighted by Gasteiger charge is -2.24. The van der Waals surface area contributed by atoms with E-state index < -0.39 is 18.7 Å². The number of aromatic nitrogens is 2. The molecular formula is C59H60ClF3N8O7. The van der Waals surface area contributed by atoms with Gasteiger partial charge in [0.2, 0.25) is 0 Å². The van der Waals surface area contributed by atoms with Crippen LogP contribution in [0.15, 0.2) is 164 Å². The molecule has 3 saturated heterocycles. The van der Waals surface area contributed by atoms with Gasteiger partial charge in [-0.25, -0.2) is 9.97 Å². The average Bonchev–Trinajstić information content (AvgIpc) is 3.48. The van der Waals surface area contributed by atoms with Crippen LogP contribution in [-0.4, -0.2) is 93.0 Å². The molecule has 3 aliphatic heterocycles. The van der Waals surface area contributed by atoms with Gasteiger partial charge in [0.25, 0.3) is 17.7 Å². The van der Waals surface area contributed by atoms with E-state index in [1.54, 1.807) is 24.3 Å². The van der Waals surface area contributed by atoms with Crippen LogP contribution in [0, 0.1) is 0 Å². The number of pyridine rings is 2. The number of nitrogens with one attached hydrogen (secondary N) is 6. The fourth-order valence-corrected chi connectivity index (χ4v) is 8.53. The van der Waals surface area contributed by atoms with Gasteiger partial charge in [-0.15, -0.1) is 0 Å². The molecule has 5 aromatic carbocycles. The number of hydrogen-bond donors (Lipinski definition) is 6. The molecule has 15 nitrogen and oxygen atoms in total. The van der Waals surface area contributed by atoms with Crippen molar-refractivity contribution in [3.05, 3.63) is 208 Å². The SMILES string of the molecule is O=C(Nc1ccc(C2CCCNC2)cc1)c1ccc(OCC(F)(F)F)cn1.O=C(Nc1ccc(C2CNCCO2)cc1)c1ccc(Cl)nc1.O=C(Nc1ccc(C2CNCCO2)cc1)c1ccc(OCc2ccccc2)cc1. The molecular weight excluding hydrogens is 1030 g/mol. The van der Waals surface area contributed by atoms with Gasteiger partial charge in [0, 0.05) is 61.5 Å². The first kappa shape index (κ1) is 56.5. The van der Waals surface area contributed by atoms with Crippen LogP contribution in [0.2, 0.25) is 5.15 Å². The van der Waals surface area contributed by atoms with Crippen molar-refractivity contribution in [2.24, 2.45) is 0 Å². The molecule has 3 unspecified atom stereocenters. The quantitative estimate of drug-likeness (QED) is 0.0567. The summed E-state index contributed by atoms with van der Waals surface area (Å²) in [6, 6.07) is 46.1. The molecule has 5 heterocycles. The number of nitrogens with zero attached hydrogens (tertiary/aromatic N) is 2. The summed E-state index contributed by atoms with van der Waals surface area (Å²) in [6.07, 6.45) is 0.558. The number of hydrogen-bond acceptors (Lipinski definition) is 12. The monoisotopic (exact) mass is 1080 g/mol. The van der Waals surface area contributed by atoms with E-state index in [0.29, 0.717) is 47.7 Å². The smallest absolute Gasteiger partial charge is 0.422 e. The Balaban J connectivity index is 0.000000156. The number of morpholine rings is 2. The van der Waals surface area contributed by atoms with Crippen LogP contribution >= 0.6 is 11.6 Å². The van der Waals surface area contributed by atoms with Gasteiger partial charge >= 0.3 is 6.18 Å². The predicted molar refractivity (Wildman–Crippen MR) is 293 cm³/mol. The molecule has 3 aliphatic rings. The van der Waals surface area contributed by atoms with Crippen molar-refractivity contribution in [2.45, 2.75) is 43.8 Å². The van der Waals surface area contributed by atoms with Gasteiger partial charge < -0.3 is 50.8 Å². The van der Waals surface area contributed by atoms with Crippen LogP contribution in [0.5, 0.6) is 11.5 Å². The summed E-state index contributed by atoms with van der Waals surface area (Å²) in [7, 11) is 0. The highest BCUT2D eigenvalue weighted by Gasteiger charge is 2.28. The first-order chi connectivity index (χ1) is 37.9. The normalized spacial score (nSPS) is 17.1. The third-order valence-electron chi connectivity index (χ3n) is 12.6. The van der Waals surface area contributed by atoms with E-state index in [4.69, 9.17) is 25.8 Å². The van der Waals surface area contributed by atoms with Gasteiger partial charge in [-0.3, -0.25) is 14.4 Å². The fourth-order valence-electron chi connectivity index (χ4n) is 8.42. The molecule has 7 aromatic rings.